The van der Waals surface area contributed by atoms with E-state index < -0.39 is 12.1 Å². The van der Waals surface area contributed by atoms with E-state index in [4.69, 9.17) is 9.84 Å². The van der Waals surface area contributed by atoms with E-state index in [1.54, 1.807) is 0 Å². The van der Waals surface area contributed by atoms with Crippen molar-refractivity contribution in [2.75, 3.05) is 6.61 Å². The van der Waals surface area contributed by atoms with Gasteiger partial charge in [0.25, 0.3) is 0 Å². The maximum Gasteiger partial charge on any atom is 0.333 e. The molecule has 0 aliphatic rings. The number of ether oxygens (including phenoxy) is 1. The number of esters is 1. The van der Waals surface area contributed by atoms with Gasteiger partial charge in [-0.2, -0.15) is 0 Å². The highest BCUT2D eigenvalue weighted by atomic mass is 16.5. The first kappa shape index (κ1) is 11.6. The summed E-state index contributed by atoms with van der Waals surface area (Å²) in [6.07, 6.45) is 2.21. The van der Waals surface area contributed by atoms with Crippen molar-refractivity contribution < 1.29 is 14.6 Å². The molecule has 72 valence electrons. The minimum absolute atomic E-state index is 0.152. The number of aliphatic hydroxyl groups is 1. The van der Waals surface area contributed by atoms with Crippen molar-refractivity contribution >= 4 is 5.97 Å². The molecule has 0 aliphatic carbocycles. The molecule has 0 fully saturated rings. The second-order valence-corrected chi connectivity index (χ2v) is 2.50. The maximum absolute atomic E-state index is 11.0. The lowest BCUT2D eigenvalue weighted by Gasteiger charge is -2.07. The van der Waals surface area contributed by atoms with E-state index >= 15 is 0 Å². The minimum atomic E-state index is -0.746. The number of hydrogen-bond acceptors (Lipinski definition) is 3. The number of carbonyl (C=O) groups is 1. The van der Waals surface area contributed by atoms with Crippen LogP contribution in [-0.4, -0.2) is 23.8 Å². The SMILES string of the molecule is C=CCOC(=O)C(=C)CC(O)C=C. The van der Waals surface area contributed by atoms with E-state index in [-0.39, 0.29) is 18.6 Å². The largest absolute Gasteiger partial charge is 0.458 e. The second-order valence-electron chi connectivity index (χ2n) is 2.50. The van der Waals surface area contributed by atoms with E-state index in [1.807, 2.05) is 0 Å². The third kappa shape index (κ3) is 4.98. The van der Waals surface area contributed by atoms with Gasteiger partial charge in [0.2, 0.25) is 0 Å². The van der Waals surface area contributed by atoms with E-state index in [0.717, 1.165) is 0 Å². The second kappa shape index (κ2) is 6.20. The fourth-order valence-electron chi connectivity index (χ4n) is 0.656. The van der Waals surface area contributed by atoms with Gasteiger partial charge in [0.1, 0.15) is 6.61 Å². The Labute approximate surface area is 78.0 Å². The van der Waals surface area contributed by atoms with Gasteiger partial charge in [-0.3, -0.25) is 0 Å². The zero-order valence-corrected chi connectivity index (χ0v) is 7.53. The Morgan fingerprint density at radius 1 is 1.54 bits per heavy atom. The number of hydrogen-bond donors (Lipinski definition) is 1. The molecule has 1 N–H and O–H groups in total. The molecule has 13 heavy (non-hydrogen) atoms. The molecule has 1 atom stereocenters. The van der Waals surface area contributed by atoms with Crippen LogP contribution in [0.25, 0.3) is 0 Å². The van der Waals surface area contributed by atoms with Crippen molar-refractivity contribution in [3.63, 3.8) is 0 Å². The third-order valence-corrected chi connectivity index (χ3v) is 1.35. The van der Waals surface area contributed by atoms with Crippen LogP contribution in [-0.2, 0) is 9.53 Å². The summed E-state index contributed by atoms with van der Waals surface area (Å²) in [4.78, 5) is 11.0. The smallest absolute Gasteiger partial charge is 0.333 e. The van der Waals surface area contributed by atoms with Crippen molar-refractivity contribution in [2.24, 2.45) is 0 Å². The Bertz CT molecular complexity index is 218. The van der Waals surface area contributed by atoms with E-state index in [9.17, 15) is 4.79 Å². The summed E-state index contributed by atoms with van der Waals surface area (Å²) in [5.41, 5.74) is 0.231. The van der Waals surface area contributed by atoms with Crippen molar-refractivity contribution in [2.45, 2.75) is 12.5 Å². The van der Waals surface area contributed by atoms with Crippen LogP contribution in [0.4, 0.5) is 0 Å². The fraction of sp³-hybridized carbons (Fsp3) is 0.300. The molecule has 0 aromatic rings. The van der Waals surface area contributed by atoms with Gasteiger partial charge in [-0.25, -0.2) is 4.79 Å². The highest BCUT2D eigenvalue weighted by molar-refractivity contribution is 5.87. The lowest BCUT2D eigenvalue weighted by atomic mass is 10.1. The zero-order chi connectivity index (χ0) is 10.3. The summed E-state index contributed by atoms with van der Waals surface area (Å²) in [5.74, 6) is -0.513. The van der Waals surface area contributed by atoms with Crippen LogP contribution in [0.15, 0.2) is 37.5 Å². The van der Waals surface area contributed by atoms with Gasteiger partial charge in [0.05, 0.1) is 6.10 Å². The average Bonchev–Trinajstić information content (AvgIpc) is 2.13. The summed E-state index contributed by atoms with van der Waals surface area (Å²) in [5, 5.41) is 9.10. The van der Waals surface area contributed by atoms with Gasteiger partial charge in [-0.1, -0.05) is 25.3 Å². The molecular weight excluding hydrogens is 168 g/mol. The first-order valence-electron chi connectivity index (χ1n) is 3.88. The highest BCUT2D eigenvalue weighted by Gasteiger charge is 2.10. The molecule has 0 heterocycles. The summed E-state index contributed by atoms with van der Waals surface area (Å²) in [7, 11) is 0. The van der Waals surface area contributed by atoms with Crippen molar-refractivity contribution in [1.29, 1.82) is 0 Å². The van der Waals surface area contributed by atoms with Crippen molar-refractivity contribution in [3.05, 3.63) is 37.5 Å². The third-order valence-electron chi connectivity index (χ3n) is 1.35. The van der Waals surface area contributed by atoms with Gasteiger partial charge in [0.15, 0.2) is 0 Å². The fourth-order valence-corrected chi connectivity index (χ4v) is 0.656. The Morgan fingerprint density at radius 2 is 2.15 bits per heavy atom. The van der Waals surface area contributed by atoms with Crippen LogP contribution in [0, 0.1) is 0 Å². The average molecular weight is 182 g/mol. The lowest BCUT2D eigenvalue weighted by molar-refractivity contribution is -0.138. The minimum Gasteiger partial charge on any atom is -0.458 e. The molecule has 0 aromatic carbocycles. The topological polar surface area (TPSA) is 46.5 Å². The molecule has 3 heteroatoms. The molecular formula is C10H14O3. The van der Waals surface area contributed by atoms with Crippen LogP contribution in [0.3, 0.4) is 0 Å². The van der Waals surface area contributed by atoms with Crippen LogP contribution in [0.1, 0.15) is 6.42 Å². The first-order valence-corrected chi connectivity index (χ1v) is 3.88. The lowest BCUT2D eigenvalue weighted by Crippen LogP contribution is -2.12. The monoisotopic (exact) mass is 182 g/mol. The normalized spacial score (nSPS) is 11.5. The molecule has 0 radical (unpaired) electrons. The quantitative estimate of drug-likeness (QED) is 0.381. The van der Waals surface area contributed by atoms with Crippen molar-refractivity contribution in [1.82, 2.24) is 0 Å². The highest BCUT2D eigenvalue weighted by Crippen LogP contribution is 2.05. The predicted octanol–water partition coefficient (Wildman–Crippen LogP) is 1.21. The molecule has 0 saturated heterocycles. The van der Waals surface area contributed by atoms with Gasteiger partial charge in [0, 0.05) is 12.0 Å². The maximum atomic E-state index is 11.0. The summed E-state index contributed by atoms with van der Waals surface area (Å²) in [6.45, 7) is 10.4. The van der Waals surface area contributed by atoms with E-state index in [0.29, 0.717) is 0 Å². The Balaban J connectivity index is 3.88. The molecule has 0 spiro atoms. The predicted molar refractivity (Wildman–Crippen MR) is 51.1 cm³/mol. The molecule has 0 aromatic heterocycles. The van der Waals surface area contributed by atoms with Crippen LogP contribution in [0.5, 0.6) is 0 Å². The van der Waals surface area contributed by atoms with E-state index in [1.165, 1.54) is 12.2 Å². The van der Waals surface area contributed by atoms with Crippen LogP contribution >= 0.6 is 0 Å². The van der Waals surface area contributed by atoms with Gasteiger partial charge in [-0.15, -0.1) is 6.58 Å². The van der Waals surface area contributed by atoms with Crippen molar-refractivity contribution in [3.8, 4) is 0 Å². The number of rotatable bonds is 6. The molecule has 0 aliphatic heterocycles. The summed E-state index contributed by atoms with van der Waals surface area (Å²) >= 11 is 0. The molecule has 3 nitrogen and oxygen atoms in total. The molecule has 0 bridgehead atoms. The van der Waals surface area contributed by atoms with Gasteiger partial charge >= 0.3 is 5.97 Å². The van der Waals surface area contributed by atoms with Gasteiger partial charge in [-0.05, 0) is 0 Å². The van der Waals surface area contributed by atoms with Crippen LogP contribution in [0.2, 0.25) is 0 Å². The van der Waals surface area contributed by atoms with E-state index in [2.05, 4.69) is 19.7 Å². The zero-order valence-electron chi connectivity index (χ0n) is 7.53. The molecule has 0 amide bonds. The standard InChI is InChI=1S/C10H14O3/c1-4-6-13-10(12)8(3)7-9(11)5-2/h4-5,9,11H,1-3,6-7H2. The summed E-state index contributed by atoms with van der Waals surface area (Å²) < 4.78 is 4.70. The Hall–Kier alpha value is -1.35. The number of aliphatic hydroxyl groups excluding tert-OH is 1. The van der Waals surface area contributed by atoms with Gasteiger partial charge < -0.3 is 9.84 Å². The Morgan fingerprint density at radius 3 is 2.62 bits per heavy atom. The molecule has 0 saturated carbocycles. The molecule has 0 rings (SSSR count). The first-order chi connectivity index (χ1) is 6.11. The van der Waals surface area contributed by atoms with Crippen LogP contribution < -0.4 is 0 Å². The molecule has 1 unspecified atom stereocenters. The summed E-state index contributed by atoms with van der Waals surface area (Å²) in [6, 6.07) is 0. The number of carbonyl (C=O) groups excluding carboxylic acids is 1. The Kier molecular flexibility index (Phi) is 5.55.